The summed E-state index contributed by atoms with van der Waals surface area (Å²) >= 11 is 7.39. The van der Waals surface area contributed by atoms with Crippen LogP contribution in [0.5, 0.6) is 0 Å². The molecule has 2 nitrogen and oxygen atoms in total. The maximum absolute atomic E-state index is 7.39. The van der Waals surface area contributed by atoms with E-state index in [0.29, 0.717) is 0 Å². The van der Waals surface area contributed by atoms with Crippen molar-refractivity contribution in [2.24, 2.45) is 0 Å². The molecule has 1 saturated carbocycles. The van der Waals surface area contributed by atoms with Gasteiger partial charge in [-0.2, -0.15) is 0 Å². The SMILES string of the molecule is CC(C)(C)c1ccc(N(c2cc(Cl)cc(N3c4ccccc4C4(c5ccccc5)CCCCC34C)c2)c2ccc(C(C)(C)C)cc2-c2ccc3ccccc3c2)cc1. The van der Waals surface area contributed by atoms with Gasteiger partial charge in [-0.25, -0.2) is 0 Å². The Labute approximate surface area is 351 Å². The number of hydrogen-bond acceptors (Lipinski definition) is 2. The third kappa shape index (κ3) is 6.32. The van der Waals surface area contributed by atoms with Gasteiger partial charge in [-0.3, -0.25) is 0 Å². The molecule has 58 heavy (non-hydrogen) atoms. The van der Waals surface area contributed by atoms with E-state index in [4.69, 9.17) is 11.6 Å². The Kier molecular flexibility index (Phi) is 9.36. The Morgan fingerprint density at radius 2 is 1.22 bits per heavy atom. The van der Waals surface area contributed by atoms with Crippen molar-refractivity contribution in [1.29, 1.82) is 0 Å². The van der Waals surface area contributed by atoms with Crippen LogP contribution in [0.2, 0.25) is 5.02 Å². The number of para-hydroxylation sites is 1. The van der Waals surface area contributed by atoms with E-state index in [1.54, 1.807) is 0 Å². The van der Waals surface area contributed by atoms with Gasteiger partial charge in [0.1, 0.15) is 0 Å². The van der Waals surface area contributed by atoms with E-state index in [-0.39, 0.29) is 21.8 Å². The summed E-state index contributed by atoms with van der Waals surface area (Å²) < 4.78 is 0. The number of halogens is 1. The van der Waals surface area contributed by atoms with E-state index >= 15 is 0 Å². The molecule has 9 rings (SSSR count). The minimum Gasteiger partial charge on any atom is -0.334 e. The zero-order valence-corrected chi connectivity index (χ0v) is 35.9. The van der Waals surface area contributed by atoms with Gasteiger partial charge in [0, 0.05) is 38.8 Å². The fraction of sp³-hybridized carbons (Fsp3) is 0.273. The summed E-state index contributed by atoms with van der Waals surface area (Å²) in [5, 5.41) is 3.19. The third-order valence-corrected chi connectivity index (χ3v) is 13.5. The molecule has 2 atom stereocenters. The van der Waals surface area contributed by atoms with Crippen LogP contribution in [0.1, 0.15) is 96.4 Å². The fourth-order valence-electron chi connectivity index (χ4n) is 10.3. The molecule has 7 aromatic rings. The molecule has 0 spiro atoms. The van der Waals surface area contributed by atoms with E-state index in [9.17, 15) is 0 Å². The van der Waals surface area contributed by atoms with E-state index in [0.717, 1.165) is 40.6 Å². The quantitative estimate of drug-likeness (QED) is 0.166. The summed E-state index contributed by atoms with van der Waals surface area (Å²) in [5.74, 6) is 0. The minimum atomic E-state index is -0.206. The molecule has 1 aliphatic carbocycles. The van der Waals surface area contributed by atoms with Gasteiger partial charge in [0.2, 0.25) is 0 Å². The molecule has 7 aromatic carbocycles. The van der Waals surface area contributed by atoms with Gasteiger partial charge >= 0.3 is 0 Å². The second-order valence-electron chi connectivity index (χ2n) is 18.9. The topological polar surface area (TPSA) is 6.48 Å². The van der Waals surface area contributed by atoms with Crippen molar-refractivity contribution in [3.63, 3.8) is 0 Å². The van der Waals surface area contributed by atoms with Crippen molar-refractivity contribution < 1.29 is 0 Å². The molecular weight excluding hydrogens is 724 g/mol. The molecule has 2 unspecified atom stereocenters. The van der Waals surface area contributed by atoms with E-state index in [2.05, 4.69) is 216 Å². The van der Waals surface area contributed by atoms with Crippen LogP contribution in [0, 0.1) is 0 Å². The molecule has 0 amide bonds. The monoisotopic (exact) mass is 778 g/mol. The van der Waals surface area contributed by atoms with Crippen molar-refractivity contribution in [2.45, 2.75) is 95.9 Å². The highest BCUT2D eigenvalue weighted by molar-refractivity contribution is 6.31. The highest BCUT2D eigenvalue weighted by Gasteiger charge is 2.61. The molecule has 0 saturated heterocycles. The molecule has 2 aliphatic rings. The Morgan fingerprint density at radius 3 is 1.97 bits per heavy atom. The predicted octanol–water partition coefficient (Wildman–Crippen LogP) is 16.0. The molecule has 1 heterocycles. The number of anilines is 5. The normalized spacial score (nSPS) is 19.2. The first-order chi connectivity index (χ1) is 27.8. The lowest BCUT2D eigenvalue weighted by Gasteiger charge is -2.52. The highest BCUT2D eigenvalue weighted by atomic mass is 35.5. The molecule has 0 N–H and O–H groups in total. The van der Waals surface area contributed by atoms with Gasteiger partial charge in [-0.05, 0) is 124 Å². The molecule has 0 radical (unpaired) electrons. The van der Waals surface area contributed by atoms with E-state index in [1.807, 2.05) is 0 Å². The summed E-state index contributed by atoms with van der Waals surface area (Å²) in [4.78, 5) is 5.09. The first-order valence-electron chi connectivity index (χ1n) is 21.1. The maximum atomic E-state index is 7.39. The Hall–Kier alpha value is -5.31. The van der Waals surface area contributed by atoms with E-state index < -0.39 is 0 Å². The average molecular weight is 780 g/mol. The van der Waals surface area contributed by atoms with Crippen molar-refractivity contribution in [1.82, 2.24) is 0 Å². The third-order valence-electron chi connectivity index (χ3n) is 13.3. The zero-order chi connectivity index (χ0) is 40.5. The summed E-state index contributed by atoms with van der Waals surface area (Å²) in [6, 6.07) is 58.9. The number of rotatable bonds is 6. The fourth-order valence-corrected chi connectivity index (χ4v) is 10.5. The van der Waals surface area contributed by atoms with Gasteiger partial charge in [0.15, 0.2) is 0 Å². The van der Waals surface area contributed by atoms with Crippen LogP contribution in [0.4, 0.5) is 28.4 Å². The smallest absolute Gasteiger partial charge is 0.0561 e. The van der Waals surface area contributed by atoms with Crippen molar-refractivity contribution in [3.05, 3.63) is 185 Å². The zero-order valence-electron chi connectivity index (χ0n) is 35.1. The Morgan fingerprint density at radius 1 is 0.569 bits per heavy atom. The largest absolute Gasteiger partial charge is 0.334 e. The Bertz CT molecular complexity index is 2630. The molecule has 3 heteroatoms. The molecule has 0 bridgehead atoms. The molecule has 0 aromatic heterocycles. The number of nitrogens with zero attached hydrogens (tertiary/aromatic N) is 2. The van der Waals surface area contributed by atoms with Gasteiger partial charge in [0.25, 0.3) is 0 Å². The lowest BCUT2D eigenvalue weighted by Crippen LogP contribution is -2.56. The van der Waals surface area contributed by atoms with Crippen LogP contribution in [-0.4, -0.2) is 5.54 Å². The van der Waals surface area contributed by atoms with Crippen LogP contribution < -0.4 is 9.80 Å². The van der Waals surface area contributed by atoms with Crippen LogP contribution >= 0.6 is 11.6 Å². The Balaban J connectivity index is 1.29. The van der Waals surface area contributed by atoms with Gasteiger partial charge < -0.3 is 9.80 Å². The number of hydrogen-bond donors (Lipinski definition) is 0. The maximum Gasteiger partial charge on any atom is 0.0561 e. The van der Waals surface area contributed by atoms with Crippen LogP contribution in [-0.2, 0) is 16.2 Å². The second-order valence-corrected chi connectivity index (χ2v) is 19.4. The average Bonchev–Trinajstić information content (AvgIpc) is 3.46. The van der Waals surface area contributed by atoms with Gasteiger partial charge in [-0.1, -0.05) is 169 Å². The number of fused-ring (bicyclic) bond motifs is 4. The summed E-state index contributed by atoms with van der Waals surface area (Å²) in [7, 11) is 0. The van der Waals surface area contributed by atoms with Crippen LogP contribution in [0.3, 0.4) is 0 Å². The van der Waals surface area contributed by atoms with Crippen molar-refractivity contribution in [2.75, 3.05) is 9.80 Å². The molecule has 1 aliphatic heterocycles. The first-order valence-corrected chi connectivity index (χ1v) is 21.5. The second kappa shape index (κ2) is 14.2. The lowest BCUT2D eigenvalue weighted by atomic mass is 9.57. The van der Waals surface area contributed by atoms with Gasteiger partial charge in [-0.15, -0.1) is 0 Å². The summed E-state index contributed by atoms with van der Waals surface area (Å²) in [6.45, 7) is 16.2. The first kappa shape index (κ1) is 38.2. The molecule has 292 valence electrons. The lowest BCUT2D eigenvalue weighted by molar-refractivity contribution is 0.215. The van der Waals surface area contributed by atoms with E-state index in [1.165, 1.54) is 62.7 Å². The van der Waals surface area contributed by atoms with Crippen molar-refractivity contribution in [3.8, 4) is 11.1 Å². The standard InChI is InChI=1S/C55H55ClN2/c1-52(2,3)41-25-28-45(29-26-41)57(50-30-27-43(53(4,5)6)34-48(50)40-24-23-38-17-11-12-18-39(38)33-40)46-35-44(56)36-47(37-46)58-51-22-14-13-21-49(51)55(42-19-9-8-10-20-42)32-16-15-31-54(55,58)7/h8-14,17-30,33-37H,15-16,31-32H2,1-7H3. The molecular formula is C55H55ClN2. The summed E-state index contributed by atoms with van der Waals surface area (Å²) in [6.07, 6.45) is 4.57. The minimum absolute atomic E-state index is 0.0288. The van der Waals surface area contributed by atoms with Crippen LogP contribution in [0.25, 0.3) is 21.9 Å². The van der Waals surface area contributed by atoms with Crippen LogP contribution in [0.15, 0.2) is 158 Å². The highest BCUT2D eigenvalue weighted by Crippen LogP contribution is 2.64. The predicted molar refractivity (Wildman–Crippen MR) is 249 cm³/mol. The summed E-state index contributed by atoms with van der Waals surface area (Å²) in [5.41, 5.74) is 13.1. The number of benzene rings is 7. The molecule has 1 fully saturated rings. The van der Waals surface area contributed by atoms with Crippen molar-refractivity contribution >= 4 is 50.8 Å². The van der Waals surface area contributed by atoms with Gasteiger partial charge in [0.05, 0.1) is 11.2 Å².